The highest BCUT2D eigenvalue weighted by Gasteiger charge is 2.76. The minimum atomic E-state index is -0.750. The molecule has 0 spiro atoms. The summed E-state index contributed by atoms with van der Waals surface area (Å²) >= 11 is 9.32. The standard InChI is InChI=1S/C16H18BrClN2O2/c1-14(2)15(3)6-7-16(14,11(17)12(15)21)13(22)20-10-5-4-9(18)8-19-10/h4-5,8,11H,6-7H2,1-3H3,(H,19,20,22)/t11-,15-,16+/m1/s1. The Labute approximate surface area is 143 Å². The fraction of sp³-hybridized carbons (Fsp3) is 0.562. The largest absolute Gasteiger partial charge is 0.310 e. The normalized spacial score (nSPS) is 35.7. The van der Waals surface area contributed by atoms with Gasteiger partial charge in [-0.25, -0.2) is 4.98 Å². The van der Waals surface area contributed by atoms with Gasteiger partial charge in [-0.3, -0.25) is 9.59 Å². The van der Waals surface area contributed by atoms with Gasteiger partial charge in [0.2, 0.25) is 5.91 Å². The lowest BCUT2D eigenvalue weighted by Crippen LogP contribution is -2.48. The fourth-order valence-electron chi connectivity index (χ4n) is 4.13. The number of hydrogen-bond acceptors (Lipinski definition) is 3. The molecule has 3 rings (SSSR count). The van der Waals surface area contributed by atoms with Gasteiger partial charge in [0, 0.05) is 11.6 Å². The maximum absolute atomic E-state index is 13.0. The molecule has 3 atom stereocenters. The van der Waals surface area contributed by atoms with Crippen molar-refractivity contribution < 1.29 is 9.59 Å². The molecule has 2 aliphatic rings. The molecule has 0 aliphatic heterocycles. The Morgan fingerprint density at radius 1 is 1.36 bits per heavy atom. The third-order valence-electron chi connectivity index (χ3n) is 6.09. The van der Waals surface area contributed by atoms with E-state index in [0.29, 0.717) is 17.3 Å². The zero-order valence-electron chi connectivity index (χ0n) is 12.7. The summed E-state index contributed by atoms with van der Waals surface area (Å²) in [6.45, 7) is 6.02. The number of carbonyl (C=O) groups is 2. The SMILES string of the molecule is CC1(C)[C@]2(C)CC[C@@]1(C(=O)Nc1ccc(Cl)cn1)[C@H](Br)C2=O. The molecule has 6 heteroatoms. The molecule has 0 saturated heterocycles. The van der Waals surface area contributed by atoms with Crippen LogP contribution in [0.5, 0.6) is 0 Å². The van der Waals surface area contributed by atoms with Gasteiger partial charge in [-0.2, -0.15) is 0 Å². The van der Waals surface area contributed by atoms with E-state index in [2.05, 4.69) is 26.2 Å². The van der Waals surface area contributed by atoms with E-state index >= 15 is 0 Å². The molecule has 118 valence electrons. The molecule has 1 amide bonds. The molecule has 1 aromatic heterocycles. The van der Waals surface area contributed by atoms with E-state index in [1.54, 1.807) is 12.1 Å². The van der Waals surface area contributed by atoms with Crippen LogP contribution in [-0.4, -0.2) is 21.5 Å². The van der Waals surface area contributed by atoms with E-state index in [1.165, 1.54) is 6.20 Å². The predicted molar refractivity (Wildman–Crippen MR) is 89.2 cm³/mol. The Kier molecular flexibility index (Phi) is 3.46. The summed E-state index contributed by atoms with van der Waals surface area (Å²) < 4.78 is 0. The van der Waals surface area contributed by atoms with Crippen LogP contribution in [0, 0.1) is 16.2 Å². The summed E-state index contributed by atoms with van der Waals surface area (Å²) in [5.74, 6) is 0.430. The quantitative estimate of drug-likeness (QED) is 0.787. The molecular weight excluding hydrogens is 368 g/mol. The number of carbonyl (C=O) groups excluding carboxylic acids is 2. The van der Waals surface area contributed by atoms with Crippen LogP contribution in [0.1, 0.15) is 33.6 Å². The molecule has 0 radical (unpaired) electrons. The highest BCUT2D eigenvalue weighted by Crippen LogP contribution is 2.72. The van der Waals surface area contributed by atoms with Gasteiger partial charge >= 0.3 is 0 Å². The zero-order chi connectivity index (χ0) is 16.3. The number of pyridine rings is 1. The number of halogens is 2. The number of hydrogen-bond donors (Lipinski definition) is 1. The number of alkyl halides is 1. The van der Waals surface area contributed by atoms with E-state index in [0.717, 1.165) is 6.42 Å². The van der Waals surface area contributed by atoms with E-state index in [-0.39, 0.29) is 11.7 Å². The summed E-state index contributed by atoms with van der Waals surface area (Å²) in [7, 11) is 0. The molecule has 2 aliphatic carbocycles. The van der Waals surface area contributed by atoms with E-state index in [9.17, 15) is 9.59 Å². The van der Waals surface area contributed by atoms with Crippen LogP contribution in [0.2, 0.25) is 5.02 Å². The van der Waals surface area contributed by atoms with Crippen molar-refractivity contribution in [3.63, 3.8) is 0 Å². The van der Waals surface area contributed by atoms with Crippen LogP contribution in [0.15, 0.2) is 18.3 Å². The second-order valence-electron chi connectivity index (χ2n) is 6.97. The van der Waals surface area contributed by atoms with Crippen molar-refractivity contribution in [1.29, 1.82) is 0 Å². The minimum Gasteiger partial charge on any atom is -0.310 e. The van der Waals surface area contributed by atoms with Crippen molar-refractivity contribution in [2.24, 2.45) is 16.2 Å². The molecule has 22 heavy (non-hydrogen) atoms. The lowest BCUT2D eigenvalue weighted by molar-refractivity contribution is -0.130. The summed E-state index contributed by atoms with van der Waals surface area (Å²) in [4.78, 5) is 29.3. The zero-order valence-corrected chi connectivity index (χ0v) is 15.1. The van der Waals surface area contributed by atoms with E-state index in [1.807, 2.05) is 20.8 Å². The lowest BCUT2D eigenvalue weighted by atomic mass is 9.64. The second kappa shape index (κ2) is 4.78. The van der Waals surface area contributed by atoms with E-state index in [4.69, 9.17) is 11.6 Å². The van der Waals surface area contributed by atoms with Gasteiger partial charge in [-0.15, -0.1) is 0 Å². The summed E-state index contributed by atoms with van der Waals surface area (Å²) in [6.07, 6.45) is 2.92. The first-order valence-electron chi connectivity index (χ1n) is 7.28. The second-order valence-corrected chi connectivity index (χ2v) is 8.32. The Balaban J connectivity index is 1.97. The maximum Gasteiger partial charge on any atom is 0.233 e. The van der Waals surface area contributed by atoms with Gasteiger partial charge in [0.05, 0.1) is 15.3 Å². The number of fused-ring (bicyclic) bond motifs is 2. The number of rotatable bonds is 2. The van der Waals surface area contributed by atoms with Gasteiger partial charge in [-0.05, 0) is 30.4 Å². The number of nitrogens with one attached hydrogen (secondary N) is 1. The van der Waals surface area contributed by atoms with E-state index < -0.39 is 21.1 Å². The average molecular weight is 386 g/mol. The molecule has 0 aromatic carbocycles. The molecule has 2 saturated carbocycles. The molecule has 1 aromatic rings. The topological polar surface area (TPSA) is 59.1 Å². The smallest absolute Gasteiger partial charge is 0.233 e. The number of ketones is 1. The van der Waals surface area contributed by atoms with Gasteiger partial charge in [0.15, 0.2) is 5.78 Å². The van der Waals surface area contributed by atoms with Gasteiger partial charge < -0.3 is 5.32 Å². The highest BCUT2D eigenvalue weighted by molar-refractivity contribution is 9.10. The Morgan fingerprint density at radius 3 is 2.55 bits per heavy atom. The first kappa shape index (κ1) is 15.9. The molecule has 4 nitrogen and oxygen atoms in total. The van der Waals surface area contributed by atoms with Crippen molar-refractivity contribution in [3.8, 4) is 0 Å². The van der Waals surface area contributed by atoms with Gasteiger partial charge in [0.25, 0.3) is 0 Å². The first-order chi connectivity index (χ1) is 10.2. The minimum absolute atomic E-state index is 0.128. The fourth-order valence-corrected chi connectivity index (χ4v) is 5.76. The number of Topliss-reactive ketones (excluding diaryl/α,β-unsaturated/α-hetero) is 1. The first-order valence-corrected chi connectivity index (χ1v) is 8.57. The molecule has 0 unspecified atom stereocenters. The predicted octanol–water partition coefficient (Wildman–Crippen LogP) is 3.83. The summed E-state index contributed by atoms with van der Waals surface area (Å²) in [6, 6.07) is 3.34. The van der Waals surface area contributed by atoms with Crippen LogP contribution in [-0.2, 0) is 9.59 Å². The molecular formula is C16H18BrClN2O2. The number of nitrogens with zero attached hydrogens (tertiary/aromatic N) is 1. The lowest BCUT2D eigenvalue weighted by Gasteiger charge is -2.39. The molecule has 1 heterocycles. The van der Waals surface area contributed by atoms with Gasteiger partial charge in [-0.1, -0.05) is 48.3 Å². The third-order valence-corrected chi connectivity index (χ3v) is 7.52. The van der Waals surface area contributed by atoms with Crippen molar-refractivity contribution in [2.75, 3.05) is 5.32 Å². The van der Waals surface area contributed by atoms with Crippen LogP contribution >= 0.6 is 27.5 Å². The van der Waals surface area contributed by atoms with Crippen molar-refractivity contribution in [1.82, 2.24) is 4.98 Å². The number of amides is 1. The monoisotopic (exact) mass is 384 g/mol. The number of anilines is 1. The molecule has 1 N–H and O–H groups in total. The Morgan fingerprint density at radius 2 is 2.05 bits per heavy atom. The summed E-state index contributed by atoms with van der Waals surface area (Å²) in [5, 5.41) is 3.38. The Bertz CT molecular complexity index is 661. The van der Waals surface area contributed by atoms with Crippen molar-refractivity contribution in [3.05, 3.63) is 23.4 Å². The maximum atomic E-state index is 13.0. The van der Waals surface area contributed by atoms with Crippen LogP contribution < -0.4 is 5.32 Å². The number of aromatic nitrogens is 1. The molecule has 2 fully saturated rings. The van der Waals surface area contributed by atoms with Crippen molar-refractivity contribution in [2.45, 2.75) is 38.4 Å². The van der Waals surface area contributed by atoms with Crippen LogP contribution in [0.4, 0.5) is 5.82 Å². The highest BCUT2D eigenvalue weighted by atomic mass is 79.9. The van der Waals surface area contributed by atoms with Gasteiger partial charge in [0.1, 0.15) is 5.82 Å². The van der Waals surface area contributed by atoms with Crippen LogP contribution in [0.25, 0.3) is 0 Å². The van der Waals surface area contributed by atoms with Crippen molar-refractivity contribution >= 4 is 45.0 Å². The Hall–Kier alpha value is -0.940. The van der Waals surface area contributed by atoms with Crippen LogP contribution in [0.3, 0.4) is 0 Å². The average Bonchev–Trinajstić information content (AvgIpc) is 2.74. The third kappa shape index (κ3) is 1.72. The summed E-state index contributed by atoms with van der Waals surface area (Å²) in [5.41, 5.74) is -1.63. The molecule has 2 bridgehead atoms.